The lowest BCUT2D eigenvalue weighted by atomic mass is 10.0. The van der Waals surface area contributed by atoms with Crippen molar-refractivity contribution in [1.29, 1.82) is 0 Å². The Kier molecular flexibility index (Phi) is 7.02. The average Bonchev–Trinajstić information content (AvgIpc) is 3.33. The molecular formula is C21H17N3O9S2. The maximum Gasteiger partial charge on any atom is 0.514 e. The quantitative estimate of drug-likeness (QED) is 0.173. The number of nitrogens with zero attached hydrogens (tertiary/aromatic N) is 2. The van der Waals surface area contributed by atoms with Gasteiger partial charge in [0.1, 0.15) is 29.5 Å². The molecule has 2 atom stereocenters. The molecule has 2 aliphatic rings. The smallest absolute Gasteiger partial charge is 0.477 e. The largest absolute Gasteiger partial charge is 0.514 e. The minimum atomic E-state index is -1.37. The van der Waals surface area contributed by atoms with Gasteiger partial charge in [-0.25, -0.2) is 9.59 Å². The molecule has 2 N–H and O–H groups in total. The number of benzene rings is 1. The van der Waals surface area contributed by atoms with Gasteiger partial charge in [-0.2, -0.15) is 0 Å². The zero-order valence-corrected chi connectivity index (χ0v) is 19.4. The van der Waals surface area contributed by atoms with Crippen LogP contribution in [-0.4, -0.2) is 62.6 Å². The SMILES string of the molecule is O=C(Cc1cccs1)NC1C(=O)N2C(C(=O)O)=C(COC(=O)Oc3ccc([N+](=O)[O-])cc3)CS[C@H]12. The lowest BCUT2D eigenvalue weighted by molar-refractivity contribution is -0.384. The van der Waals surface area contributed by atoms with Crippen LogP contribution in [0.3, 0.4) is 0 Å². The van der Waals surface area contributed by atoms with Gasteiger partial charge >= 0.3 is 12.1 Å². The number of carboxylic acids is 1. The van der Waals surface area contributed by atoms with Gasteiger partial charge < -0.3 is 19.9 Å². The highest BCUT2D eigenvalue weighted by Crippen LogP contribution is 2.40. The summed E-state index contributed by atoms with van der Waals surface area (Å²) >= 11 is 2.66. The highest BCUT2D eigenvalue weighted by atomic mass is 32.2. The van der Waals surface area contributed by atoms with E-state index in [1.807, 2.05) is 11.4 Å². The predicted octanol–water partition coefficient (Wildman–Crippen LogP) is 2.15. The number of thioether (sulfide) groups is 1. The second kappa shape index (κ2) is 10.1. The van der Waals surface area contributed by atoms with Crippen LogP contribution in [0.1, 0.15) is 4.88 Å². The molecule has 0 bridgehead atoms. The van der Waals surface area contributed by atoms with Gasteiger partial charge in [-0.3, -0.25) is 24.6 Å². The number of carbonyl (C=O) groups is 4. The lowest BCUT2D eigenvalue weighted by Crippen LogP contribution is -2.70. The number of fused-ring (bicyclic) bond motifs is 1. The van der Waals surface area contributed by atoms with E-state index >= 15 is 0 Å². The van der Waals surface area contributed by atoms with Crippen molar-refractivity contribution < 1.29 is 38.7 Å². The van der Waals surface area contributed by atoms with Crippen molar-refractivity contribution in [3.8, 4) is 5.75 Å². The Morgan fingerprint density at radius 1 is 1.23 bits per heavy atom. The highest BCUT2D eigenvalue weighted by molar-refractivity contribution is 8.00. The first-order chi connectivity index (χ1) is 16.7. The minimum absolute atomic E-state index is 0.00479. The van der Waals surface area contributed by atoms with Crippen LogP contribution in [0.25, 0.3) is 0 Å². The van der Waals surface area contributed by atoms with Gasteiger partial charge in [0.2, 0.25) is 5.91 Å². The molecular weight excluding hydrogens is 502 g/mol. The van der Waals surface area contributed by atoms with Crippen LogP contribution >= 0.6 is 23.1 Å². The molecule has 1 aromatic heterocycles. The Morgan fingerprint density at radius 3 is 2.60 bits per heavy atom. The predicted molar refractivity (Wildman–Crippen MR) is 123 cm³/mol. The zero-order chi connectivity index (χ0) is 25.1. The number of hydrogen-bond acceptors (Lipinski definition) is 10. The summed E-state index contributed by atoms with van der Waals surface area (Å²) < 4.78 is 9.94. The zero-order valence-electron chi connectivity index (χ0n) is 17.7. The van der Waals surface area contributed by atoms with Crippen LogP contribution in [-0.2, 0) is 25.5 Å². The first kappa shape index (κ1) is 24.2. The van der Waals surface area contributed by atoms with E-state index in [1.165, 1.54) is 35.2 Å². The molecule has 182 valence electrons. The first-order valence-electron chi connectivity index (χ1n) is 10.1. The maximum absolute atomic E-state index is 12.7. The Bertz CT molecular complexity index is 1210. The van der Waals surface area contributed by atoms with Crippen molar-refractivity contribution in [3.05, 3.63) is 68.0 Å². The number of ether oxygens (including phenoxy) is 2. The number of hydrogen-bond donors (Lipinski definition) is 2. The number of thiophene rings is 1. The van der Waals surface area contributed by atoms with E-state index < -0.39 is 41.0 Å². The van der Waals surface area contributed by atoms with Gasteiger partial charge in [-0.15, -0.1) is 23.1 Å². The fraction of sp³-hybridized carbons (Fsp3) is 0.238. The third kappa shape index (κ3) is 5.27. The van der Waals surface area contributed by atoms with Crippen molar-refractivity contribution in [2.75, 3.05) is 12.4 Å². The maximum atomic E-state index is 12.7. The van der Waals surface area contributed by atoms with E-state index in [0.29, 0.717) is 0 Å². The van der Waals surface area contributed by atoms with Gasteiger partial charge in [0.05, 0.1) is 11.3 Å². The number of β-lactam (4-membered cyclic amide) rings is 1. The van der Waals surface area contributed by atoms with E-state index in [0.717, 1.165) is 21.9 Å². The molecule has 3 heterocycles. The second-order valence-corrected chi connectivity index (χ2v) is 9.50. The van der Waals surface area contributed by atoms with E-state index in [1.54, 1.807) is 6.07 Å². The standard InChI is InChI=1S/C21H17N3O9S2/c25-15(8-14-2-1-7-34-14)22-16-18(26)23-17(20(27)28)11(10-35-19(16)23)9-32-21(29)33-13-5-3-12(4-6-13)24(30)31/h1-7,16,19H,8-10H2,(H,22,25)(H,27,28)/t16?,19-/m1/s1. The van der Waals surface area contributed by atoms with E-state index in [4.69, 9.17) is 9.47 Å². The number of nitro groups is 1. The Morgan fingerprint density at radius 2 is 1.97 bits per heavy atom. The molecule has 0 aliphatic carbocycles. The molecule has 0 spiro atoms. The fourth-order valence-electron chi connectivity index (χ4n) is 3.50. The molecule has 2 aliphatic heterocycles. The van der Waals surface area contributed by atoms with Crippen molar-refractivity contribution >= 4 is 52.7 Å². The Hall–Kier alpha value is -3.91. The van der Waals surface area contributed by atoms with Crippen LogP contribution in [0.5, 0.6) is 5.75 Å². The monoisotopic (exact) mass is 519 g/mol. The second-order valence-electron chi connectivity index (χ2n) is 7.36. The summed E-state index contributed by atoms with van der Waals surface area (Å²) in [4.78, 5) is 60.8. The molecule has 2 amide bonds. The van der Waals surface area contributed by atoms with Crippen LogP contribution < -0.4 is 10.1 Å². The summed E-state index contributed by atoms with van der Waals surface area (Å²) in [6, 6.07) is 7.50. The summed E-state index contributed by atoms with van der Waals surface area (Å²) in [6.07, 6.45) is -1.02. The normalized spacial score (nSPS) is 18.9. The molecule has 1 saturated heterocycles. The third-order valence-electron chi connectivity index (χ3n) is 5.09. The van der Waals surface area contributed by atoms with E-state index in [-0.39, 0.29) is 40.8 Å². The van der Waals surface area contributed by atoms with Crippen molar-refractivity contribution in [2.45, 2.75) is 17.8 Å². The van der Waals surface area contributed by atoms with Crippen molar-refractivity contribution in [1.82, 2.24) is 10.2 Å². The number of amides is 2. The number of non-ortho nitro benzene ring substituents is 1. The molecule has 35 heavy (non-hydrogen) atoms. The minimum Gasteiger partial charge on any atom is -0.477 e. The molecule has 1 aromatic carbocycles. The topological polar surface area (TPSA) is 165 Å². The third-order valence-corrected chi connectivity index (χ3v) is 7.31. The first-order valence-corrected chi connectivity index (χ1v) is 12.0. The number of carbonyl (C=O) groups excluding carboxylic acids is 3. The fourth-order valence-corrected chi connectivity index (χ4v) is 5.53. The van der Waals surface area contributed by atoms with Gasteiger partial charge in [-0.05, 0) is 23.6 Å². The molecule has 4 rings (SSSR count). The van der Waals surface area contributed by atoms with Gasteiger partial charge in [-0.1, -0.05) is 6.07 Å². The number of aliphatic carboxylic acids is 1. The molecule has 12 nitrogen and oxygen atoms in total. The molecule has 2 aromatic rings. The molecule has 0 radical (unpaired) electrons. The Labute approximate surface area is 205 Å². The molecule has 1 unspecified atom stereocenters. The van der Waals surface area contributed by atoms with Crippen LogP contribution in [0, 0.1) is 10.1 Å². The average molecular weight is 520 g/mol. The number of rotatable bonds is 8. The molecule has 1 fully saturated rings. The number of nitro benzene ring substituents is 1. The van der Waals surface area contributed by atoms with E-state index in [9.17, 15) is 34.4 Å². The number of nitrogens with one attached hydrogen (secondary N) is 1. The van der Waals surface area contributed by atoms with Crippen LogP contribution in [0.4, 0.5) is 10.5 Å². The van der Waals surface area contributed by atoms with Crippen molar-refractivity contribution in [3.63, 3.8) is 0 Å². The van der Waals surface area contributed by atoms with Crippen molar-refractivity contribution in [2.24, 2.45) is 0 Å². The summed E-state index contributed by atoms with van der Waals surface area (Å²) in [5.74, 6) is -2.11. The highest BCUT2D eigenvalue weighted by Gasteiger charge is 2.54. The van der Waals surface area contributed by atoms with Crippen LogP contribution in [0.15, 0.2) is 53.0 Å². The summed E-state index contributed by atoms with van der Waals surface area (Å²) in [5.41, 5.74) is -0.294. The Balaban J connectivity index is 1.36. The van der Waals surface area contributed by atoms with E-state index in [2.05, 4.69) is 5.32 Å². The summed E-state index contributed by atoms with van der Waals surface area (Å²) in [7, 11) is 0. The van der Waals surface area contributed by atoms with Gasteiger partial charge in [0.15, 0.2) is 0 Å². The summed E-state index contributed by atoms with van der Waals surface area (Å²) in [5, 5.41) is 24.3. The summed E-state index contributed by atoms with van der Waals surface area (Å²) in [6.45, 7) is -0.438. The molecule has 14 heteroatoms. The van der Waals surface area contributed by atoms with Crippen LogP contribution in [0.2, 0.25) is 0 Å². The van der Waals surface area contributed by atoms with Gasteiger partial charge in [0.25, 0.3) is 11.6 Å². The molecule has 0 saturated carbocycles. The number of carboxylic acid groups (broad SMARTS) is 1. The lowest BCUT2D eigenvalue weighted by Gasteiger charge is -2.49. The van der Waals surface area contributed by atoms with Gasteiger partial charge in [0, 0.05) is 28.3 Å².